The van der Waals surface area contributed by atoms with E-state index in [2.05, 4.69) is 20.5 Å². The molecule has 2 fully saturated rings. The third-order valence-electron chi connectivity index (χ3n) is 9.52. The van der Waals surface area contributed by atoms with Crippen LogP contribution in [0.25, 0.3) is 11.0 Å². The van der Waals surface area contributed by atoms with Gasteiger partial charge in [-0.3, -0.25) is 14.2 Å². The van der Waals surface area contributed by atoms with Crippen LogP contribution < -0.4 is 16.3 Å². The largest absolute Gasteiger partial charge is 0.392 e. The molecule has 0 unspecified atom stereocenters. The van der Waals surface area contributed by atoms with E-state index in [0.29, 0.717) is 25.1 Å². The predicted octanol–water partition coefficient (Wildman–Crippen LogP) is 5.34. The van der Waals surface area contributed by atoms with Crippen molar-refractivity contribution in [3.63, 3.8) is 0 Å². The van der Waals surface area contributed by atoms with E-state index >= 15 is 0 Å². The van der Waals surface area contributed by atoms with E-state index in [0.717, 1.165) is 79.5 Å². The highest BCUT2D eigenvalue weighted by atomic mass is 16.7. The number of unbranched alkanes of at least 4 members (excludes halogenated alkanes) is 2. The summed E-state index contributed by atoms with van der Waals surface area (Å²) in [7, 11) is 0. The van der Waals surface area contributed by atoms with E-state index in [-0.39, 0.29) is 42.4 Å². The number of fused-ring (bicyclic) bond motifs is 1. The molecule has 3 heterocycles. The number of hydrogen-bond acceptors (Lipinski definition) is 7. The highest BCUT2D eigenvalue weighted by Gasteiger charge is 2.34. The van der Waals surface area contributed by atoms with Crippen molar-refractivity contribution in [2.75, 3.05) is 31.5 Å². The summed E-state index contributed by atoms with van der Waals surface area (Å²) in [4.78, 5) is 42.0. The number of benzene rings is 3. The van der Waals surface area contributed by atoms with Gasteiger partial charge in [0.15, 0.2) is 6.29 Å². The summed E-state index contributed by atoms with van der Waals surface area (Å²) in [6, 6.07) is 23.5. The van der Waals surface area contributed by atoms with Gasteiger partial charge in [0.2, 0.25) is 11.8 Å². The molecule has 3 aromatic carbocycles. The fourth-order valence-electron chi connectivity index (χ4n) is 6.96. The molecular weight excluding hydrogens is 622 g/mol. The molecule has 1 aromatic heterocycles. The smallest absolute Gasteiger partial charge is 0.326 e. The molecule has 0 saturated carbocycles. The van der Waals surface area contributed by atoms with Crippen LogP contribution >= 0.6 is 0 Å². The van der Waals surface area contributed by atoms with Crippen molar-refractivity contribution in [3.05, 3.63) is 100.0 Å². The number of hydrogen-bond donors (Lipinski definition) is 4. The van der Waals surface area contributed by atoms with E-state index in [1.165, 1.54) is 6.92 Å². The van der Waals surface area contributed by atoms with Crippen molar-refractivity contribution >= 4 is 28.5 Å². The van der Waals surface area contributed by atoms with Gasteiger partial charge in [0.05, 0.1) is 29.8 Å². The van der Waals surface area contributed by atoms with Gasteiger partial charge in [0.1, 0.15) is 0 Å². The van der Waals surface area contributed by atoms with Crippen LogP contribution in [0.15, 0.2) is 77.6 Å². The average Bonchev–Trinajstić information content (AvgIpc) is 3.45. The maximum Gasteiger partial charge on any atom is 0.326 e. The number of nitrogens with one attached hydrogen (secondary N) is 3. The third kappa shape index (κ3) is 9.04. The van der Waals surface area contributed by atoms with Gasteiger partial charge < -0.3 is 35.1 Å². The fourth-order valence-corrected chi connectivity index (χ4v) is 6.96. The first-order valence-electron chi connectivity index (χ1n) is 17.4. The fraction of sp³-hybridized carbons (Fsp3) is 0.447. The minimum absolute atomic E-state index is 0.0175. The maximum atomic E-state index is 12.8. The number of aliphatic hydroxyl groups excluding tert-OH is 1. The molecule has 2 aliphatic heterocycles. The second kappa shape index (κ2) is 16.4. The quantitative estimate of drug-likeness (QED) is 0.141. The van der Waals surface area contributed by atoms with Gasteiger partial charge in [-0.1, -0.05) is 55.0 Å². The topological polar surface area (TPSA) is 138 Å². The summed E-state index contributed by atoms with van der Waals surface area (Å²) < 4.78 is 15.1. The van der Waals surface area contributed by atoms with E-state index in [1.807, 2.05) is 77.4 Å². The first kappa shape index (κ1) is 34.6. The van der Waals surface area contributed by atoms with E-state index in [1.54, 1.807) is 0 Å². The van der Waals surface area contributed by atoms with Crippen molar-refractivity contribution in [2.24, 2.45) is 0 Å². The molecule has 0 radical (unpaired) electrons. The minimum atomic E-state index is -0.630. The minimum Gasteiger partial charge on any atom is -0.392 e. The molecule has 0 bridgehead atoms. The number of likely N-dealkylation sites (tertiary alicyclic amines) is 1. The number of H-pyrrole nitrogens is 1. The lowest BCUT2D eigenvalue weighted by Crippen LogP contribution is -2.43. The van der Waals surface area contributed by atoms with E-state index in [4.69, 9.17) is 9.47 Å². The molecule has 49 heavy (non-hydrogen) atoms. The molecule has 0 aliphatic carbocycles. The summed E-state index contributed by atoms with van der Waals surface area (Å²) >= 11 is 0. The number of imidazole rings is 1. The molecule has 4 N–H and O–H groups in total. The zero-order valence-corrected chi connectivity index (χ0v) is 28.1. The Morgan fingerprint density at radius 1 is 0.939 bits per heavy atom. The zero-order valence-electron chi connectivity index (χ0n) is 28.1. The molecular formula is C38H47N5O6. The Kier molecular flexibility index (Phi) is 11.6. The number of aromatic nitrogens is 2. The highest BCUT2D eigenvalue weighted by molar-refractivity contribution is 5.90. The molecule has 2 amide bonds. The molecule has 2 aliphatic rings. The van der Waals surface area contributed by atoms with Crippen LogP contribution in [0.2, 0.25) is 0 Å². The van der Waals surface area contributed by atoms with Gasteiger partial charge in [-0.2, -0.15) is 0 Å². The summed E-state index contributed by atoms with van der Waals surface area (Å²) in [6.45, 7) is 4.55. The van der Waals surface area contributed by atoms with Gasteiger partial charge in [-0.25, -0.2) is 4.79 Å². The van der Waals surface area contributed by atoms with Crippen LogP contribution in [0.3, 0.4) is 0 Å². The number of rotatable bonds is 13. The van der Waals surface area contributed by atoms with Crippen molar-refractivity contribution in [1.82, 2.24) is 19.8 Å². The number of amides is 2. The maximum absolute atomic E-state index is 12.8. The average molecular weight is 670 g/mol. The Bertz CT molecular complexity index is 1760. The monoisotopic (exact) mass is 669 g/mol. The lowest BCUT2D eigenvalue weighted by Gasteiger charge is -2.40. The second-order valence-electron chi connectivity index (χ2n) is 13.2. The SMILES string of the molecule is CC(=O)NCCCCCC(=O)Nc1cccc([C@H]2O[C@@H](CN3CCC(n4c(=O)[nH]c5ccccc54)CC3)C[C@@H](c3ccc(CO)cc3)O2)c1. The molecule has 3 atom stereocenters. The van der Waals surface area contributed by atoms with Crippen LogP contribution in [-0.4, -0.2) is 63.7 Å². The van der Waals surface area contributed by atoms with E-state index < -0.39 is 6.29 Å². The summed E-state index contributed by atoms with van der Waals surface area (Å²) in [5.41, 5.74) is 5.15. The lowest BCUT2D eigenvalue weighted by atomic mass is 9.98. The van der Waals surface area contributed by atoms with Gasteiger partial charge in [0, 0.05) is 63.2 Å². The summed E-state index contributed by atoms with van der Waals surface area (Å²) in [6.07, 6.45) is 4.32. The summed E-state index contributed by atoms with van der Waals surface area (Å²) in [5, 5.41) is 15.4. The Morgan fingerprint density at radius 3 is 2.51 bits per heavy atom. The molecule has 11 nitrogen and oxygen atoms in total. The first-order valence-corrected chi connectivity index (χ1v) is 17.4. The number of carbonyl (C=O) groups excluding carboxylic acids is 2. The van der Waals surface area contributed by atoms with Gasteiger partial charge >= 0.3 is 5.69 Å². The van der Waals surface area contributed by atoms with Gasteiger partial charge in [-0.05, 0) is 61.1 Å². The van der Waals surface area contributed by atoms with Crippen molar-refractivity contribution in [2.45, 2.75) is 83.0 Å². The number of nitrogens with zero attached hydrogens (tertiary/aromatic N) is 2. The number of aromatic amines is 1. The zero-order chi connectivity index (χ0) is 34.2. The molecule has 0 spiro atoms. The molecule has 4 aromatic rings. The van der Waals surface area contributed by atoms with Crippen LogP contribution in [0, 0.1) is 0 Å². The van der Waals surface area contributed by atoms with E-state index in [9.17, 15) is 19.5 Å². The Morgan fingerprint density at radius 2 is 1.73 bits per heavy atom. The number of para-hydroxylation sites is 2. The molecule has 11 heteroatoms. The molecule has 6 rings (SSSR count). The number of ether oxygens (including phenoxy) is 2. The summed E-state index contributed by atoms with van der Waals surface area (Å²) in [5.74, 6) is -0.0954. The number of carbonyl (C=O) groups is 2. The normalized spacial score (nSPS) is 20.3. The van der Waals surface area contributed by atoms with Crippen molar-refractivity contribution in [1.29, 1.82) is 0 Å². The first-order chi connectivity index (χ1) is 23.9. The molecule has 2 saturated heterocycles. The Labute approximate surface area is 286 Å². The van der Waals surface area contributed by atoms with Crippen LogP contribution in [-0.2, 0) is 25.7 Å². The van der Waals surface area contributed by atoms with Crippen molar-refractivity contribution in [3.8, 4) is 0 Å². The third-order valence-corrected chi connectivity index (χ3v) is 9.52. The number of anilines is 1. The van der Waals surface area contributed by atoms with Crippen LogP contribution in [0.1, 0.15) is 87.0 Å². The number of aliphatic hydroxyl groups is 1. The Balaban J connectivity index is 1.10. The molecule has 260 valence electrons. The lowest BCUT2D eigenvalue weighted by molar-refractivity contribution is -0.253. The second-order valence-corrected chi connectivity index (χ2v) is 13.2. The van der Waals surface area contributed by atoms with Crippen LogP contribution in [0.4, 0.5) is 5.69 Å². The Hall–Kier alpha value is -4.29. The predicted molar refractivity (Wildman–Crippen MR) is 188 cm³/mol. The van der Waals surface area contributed by atoms with Crippen molar-refractivity contribution < 1.29 is 24.2 Å². The van der Waals surface area contributed by atoms with Crippen LogP contribution in [0.5, 0.6) is 0 Å². The van der Waals surface area contributed by atoms with Gasteiger partial charge in [0.25, 0.3) is 0 Å². The van der Waals surface area contributed by atoms with Gasteiger partial charge in [-0.15, -0.1) is 0 Å². The number of piperidine rings is 1. The standard InChI is InChI=1S/C38H47N5O6/c1-26(45)39-19-6-2-3-12-36(46)40-30-9-7-8-29(22-30)37-48-32(23-35(49-37)28-15-13-27(25-44)14-16-28)24-42-20-17-31(18-21-42)43-34-11-5-4-10-33(34)41-38(43)47/h4-5,7-11,13-16,22,31-32,35,37,44H,2-3,6,12,17-21,23-25H2,1H3,(H,39,45)(H,40,46)(H,41,47)/t32-,35+,37+/m1/s1. The highest BCUT2D eigenvalue weighted by Crippen LogP contribution is 2.39.